The molecular weight excluding hydrogens is 534 g/mol. The van der Waals surface area contributed by atoms with Crippen LogP contribution in [0.25, 0.3) is 0 Å². The second-order valence-corrected chi connectivity index (χ2v) is 10.6. The molecule has 12 heteroatoms. The van der Waals surface area contributed by atoms with Gasteiger partial charge in [0.05, 0.1) is 11.4 Å². The second-order valence-electron chi connectivity index (χ2n) is 10.1. The summed E-state index contributed by atoms with van der Waals surface area (Å²) in [5, 5.41) is 8.64. The monoisotopic (exact) mass is 569 g/mol. The minimum atomic E-state index is -1.10. The fourth-order valence-corrected chi connectivity index (χ4v) is 4.80. The Morgan fingerprint density at radius 1 is 1.00 bits per heavy atom. The van der Waals surface area contributed by atoms with Gasteiger partial charge in [-0.05, 0) is 56.3 Å². The molecule has 4 rings (SSSR count). The number of hydrogen-bond donors (Lipinski definition) is 3. The zero-order valence-electron chi connectivity index (χ0n) is 22.7. The standard InChI is InChI=1S/C28H36ClN7O4/c1-34-14-16-35(17-15-34)13-11-30-28(40)23(18-25(37)33-24-10-7-21(29)19-31-24)32-27(39)20-5-8-22(9-6-20)36-12-3-2-4-26(36)38/h5-10,19,23H,2-4,11-18H2,1H3,(H,30,40)(H,32,39)(H,31,33,37)/t23-/m0/s1. The van der Waals surface area contributed by atoms with Crippen molar-refractivity contribution in [1.29, 1.82) is 0 Å². The van der Waals surface area contributed by atoms with Gasteiger partial charge in [0.15, 0.2) is 0 Å². The van der Waals surface area contributed by atoms with Gasteiger partial charge in [0.1, 0.15) is 11.9 Å². The van der Waals surface area contributed by atoms with E-state index in [0.717, 1.165) is 44.7 Å². The lowest BCUT2D eigenvalue weighted by molar-refractivity contribution is -0.126. The Bertz CT molecular complexity index is 1180. The lowest BCUT2D eigenvalue weighted by atomic mass is 10.1. The fraction of sp³-hybridized carbons (Fsp3) is 0.464. The summed E-state index contributed by atoms with van der Waals surface area (Å²) >= 11 is 5.86. The van der Waals surface area contributed by atoms with E-state index in [1.807, 2.05) is 0 Å². The molecule has 0 unspecified atom stereocenters. The van der Waals surface area contributed by atoms with Crippen LogP contribution in [-0.2, 0) is 14.4 Å². The van der Waals surface area contributed by atoms with Crippen LogP contribution in [0.4, 0.5) is 11.5 Å². The summed E-state index contributed by atoms with van der Waals surface area (Å²) in [6.07, 6.45) is 3.46. The fourth-order valence-electron chi connectivity index (χ4n) is 4.68. The van der Waals surface area contributed by atoms with Gasteiger partial charge in [0, 0.05) is 69.7 Å². The van der Waals surface area contributed by atoms with Gasteiger partial charge in [-0.25, -0.2) is 4.98 Å². The maximum Gasteiger partial charge on any atom is 0.251 e. The highest BCUT2D eigenvalue weighted by Crippen LogP contribution is 2.21. The predicted octanol–water partition coefficient (Wildman–Crippen LogP) is 1.74. The molecule has 1 aromatic heterocycles. The van der Waals surface area contributed by atoms with Crippen molar-refractivity contribution in [1.82, 2.24) is 25.4 Å². The van der Waals surface area contributed by atoms with E-state index in [4.69, 9.17) is 11.6 Å². The van der Waals surface area contributed by atoms with Crippen molar-refractivity contribution in [3.63, 3.8) is 0 Å². The van der Waals surface area contributed by atoms with Crippen molar-refractivity contribution in [3.8, 4) is 0 Å². The van der Waals surface area contributed by atoms with Gasteiger partial charge in [-0.2, -0.15) is 0 Å². The molecule has 0 aliphatic carbocycles. The molecule has 4 amide bonds. The van der Waals surface area contributed by atoms with E-state index in [2.05, 4.69) is 37.8 Å². The first-order valence-electron chi connectivity index (χ1n) is 13.6. The molecule has 0 saturated carbocycles. The van der Waals surface area contributed by atoms with E-state index in [1.165, 1.54) is 6.20 Å². The largest absolute Gasteiger partial charge is 0.353 e. The van der Waals surface area contributed by atoms with E-state index >= 15 is 0 Å². The number of rotatable bonds is 10. The van der Waals surface area contributed by atoms with E-state index in [9.17, 15) is 19.2 Å². The van der Waals surface area contributed by atoms with E-state index in [1.54, 1.807) is 41.3 Å². The smallest absolute Gasteiger partial charge is 0.251 e. The van der Waals surface area contributed by atoms with Crippen molar-refractivity contribution in [2.24, 2.45) is 0 Å². The third-order valence-electron chi connectivity index (χ3n) is 7.09. The molecule has 0 spiro atoms. The summed E-state index contributed by atoms with van der Waals surface area (Å²) < 4.78 is 0. The van der Waals surface area contributed by atoms with Gasteiger partial charge in [-0.15, -0.1) is 0 Å². The van der Waals surface area contributed by atoms with Gasteiger partial charge in [-0.1, -0.05) is 11.6 Å². The number of piperazine rings is 1. The van der Waals surface area contributed by atoms with Gasteiger partial charge in [-0.3, -0.25) is 24.1 Å². The Hall–Kier alpha value is -3.54. The Balaban J connectivity index is 1.38. The Kier molecular flexibility index (Phi) is 10.5. The van der Waals surface area contributed by atoms with Crippen molar-refractivity contribution in [2.75, 3.05) is 63.1 Å². The van der Waals surface area contributed by atoms with E-state index in [0.29, 0.717) is 36.6 Å². The Morgan fingerprint density at radius 2 is 1.75 bits per heavy atom. The van der Waals surface area contributed by atoms with Crippen LogP contribution in [0, 0.1) is 0 Å². The van der Waals surface area contributed by atoms with Crippen LogP contribution in [0.2, 0.25) is 5.02 Å². The number of nitrogens with zero attached hydrogens (tertiary/aromatic N) is 4. The summed E-state index contributed by atoms with van der Waals surface area (Å²) in [5.41, 5.74) is 1.05. The lowest BCUT2D eigenvalue weighted by Gasteiger charge is -2.32. The molecule has 2 aromatic rings. The quantitative estimate of drug-likeness (QED) is 0.398. The lowest BCUT2D eigenvalue weighted by Crippen LogP contribution is -2.51. The minimum absolute atomic E-state index is 0.0675. The third kappa shape index (κ3) is 8.48. The first kappa shape index (κ1) is 29.4. The number of nitrogens with one attached hydrogen (secondary N) is 3. The van der Waals surface area contributed by atoms with Crippen molar-refractivity contribution in [3.05, 3.63) is 53.2 Å². The number of halogens is 1. The number of carbonyl (C=O) groups excluding carboxylic acids is 4. The number of pyridine rings is 1. The first-order valence-corrected chi connectivity index (χ1v) is 14.0. The Morgan fingerprint density at radius 3 is 2.42 bits per heavy atom. The number of benzene rings is 1. The maximum absolute atomic E-state index is 13.1. The molecular formula is C28H36ClN7O4. The Labute approximate surface area is 239 Å². The van der Waals surface area contributed by atoms with Crippen LogP contribution < -0.4 is 20.9 Å². The number of anilines is 2. The molecule has 40 heavy (non-hydrogen) atoms. The van der Waals surface area contributed by atoms with Crippen LogP contribution in [0.5, 0.6) is 0 Å². The molecule has 2 fully saturated rings. The maximum atomic E-state index is 13.1. The summed E-state index contributed by atoms with van der Waals surface area (Å²) in [7, 11) is 2.08. The van der Waals surface area contributed by atoms with Crippen molar-refractivity contribution in [2.45, 2.75) is 31.7 Å². The second kappa shape index (κ2) is 14.2. The zero-order valence-corrected chi connectivity index (χ0v) is 23.5. The highest BCUT2D eigenvalue weighted by molar-refractivity contribution is 6.30. The molecule has 2 saturated heterocycles. The molecule has 3 heterocycles. The average molecular weight is 570 g/mol. The number of piperidine rings is 1. The highest BCUT2D eigenvalue weighted by Gasteiger charge is 2.26. The molecule has 11 nitrogen and oxygen atoms in total. The van der Waals surface area contributed by atoms with Gasteiger partial charge in [0.25, 0.3) is 5.91 Å². The molecule has 2 aliphatic rings. The van der Waals surface area contributed by atoms with E-state index in [-0.39, 0.29) is 18.1 Å². The molecule has 0 bridgehead atoms. The summed E-state index contributed by atoms with van der Waals surface area (Å²) in [5.74, 6) is -1.06. The van der Waals surface area contributed by atoms with Crippen LogP contribution in [0.3, 0.4) is 0 Å². The zero-order chi connectivity index (χ0) is 28.5. The van der Waals surface area contributed by atoms with Crippen LogP contribution >= 0.6 is 11.6 Å². The van der Waals surface area contributed by atoms with Crippen molar-refractivity contribution < 1.29 is 19.2 Å². The van der Waals surface area contributed by atoms with E-state index < -0.39 is 23.8 Å². The SMILES string of the molecule is CN1CCN(CCNC(=O)[C@H](CC(=O)Nc2ccc(Cl)cn2)NC(=O)c2ccc(N3CCCCC3=O)cc2)CC1. The average Bonchev–Trinajstić information content (AvgIpc) is 2.95. The van der Waals surface area contributed by atoms with Gasteiger partial charge in [0.2, 0.25) is 17.7 Å². The number of amides is 4. The molecule has 3 N–H and O–H groups in total. The number of hydrogen-bond acceptors (Lipinski definition) is 7. The summed E-state index contributed by atoms with van der Waals surface area (Å²) in [6, 6.07) is 8.73. The molecule has 1 atom stereocenters. The number of likely N-dealkylation sites (N-methyl/N-ethyl adjacent to an activating group) is 1. The molecule has 214 valence electrons. The predicted molar refractivity (Wildman–Crippen MR) is 153 cm³/mol. The van der Waals surface area contributed by atoms with Crippen LogP contribution in [-0.4, -0.2) is 97.3 Å². The number of aromatic nitrogens is 1. The first-order chi connectivity index (χ1) is 19.3. The van der Waals surface area contributed by atoms with Gasteiger partial charge >= 0.3 is 0 Å². The van der Waals surface area contributed by atoms with Gasteiger partial charge < -0.3 is 25.8 Å². The normalized spacial score (nSPS) is 17.2. The summed E-state index contributed by atoms with van der Waals surface area (Å²) in [4.78, 5) is 61.5. The van der Waals surface area contributed by atoms with Crippen LogP contribution in [0.1, 0.15) is 36.0 Å². The number of carbonyl (C=O) groups is 4. The molecule has 0 radical (unpaired) electrons. The van der Waals surface area contributed by atoms with Crippen molar-refractivity contribution >= 4 is 46.7 Å². The molecule has 1 aromatic carbocycles. The molecule has 2 aliphatic heterocycles. The third-order valence-corrected chi connectivity index (χ3v) is 7.32. The van der Waals surface area contributed by atoms with Crippen LogP contribution in [0.15, 0.2) is 42.6 Å². The minimum Gasteiger partial charge on any atom is -0.353 e. The highest BCUT2D eigenvalue weighted by atomic mass is 35.5. The topological polar surface area (TPSA) is 127 Å². The summed E-state index contributed by atoms with van der Waals surface area (Å²) in [6.45, 7) is 5.50.